The summed E-state index contributed by atoms with van der Waals surface area (Å²) < 4.78 is 10.6. The van der Waals surface area contributed by atoms with Crippen molar-refractivity contribution in [2.75, 3.05) is 13.4 Å². The first kappa shape index (κ1) is 15.6. The van der Waals surface area contributed by atoms with Gasteiger partial charge in [0.25, 0.3) is 0 Å². The van der Waals surface area contributed by atoms with Gasteiger partial charge in [0.15, 0.2) is 11.5 Å². The zero-order valence-electron chi connectivity index (χ0n) is 12.6. The number of rotatable bonds is 7. The second kappa shape index (κ2) is 6.80. The number of hydrogen-bond donors (Lipinski definition) is 2. The molecule has 1 aromatic rings. The van der Waals surface area contributed by atoms with Crippen LogP contribution in [0, 0.1) is 0 Å². The molecule has 1 aliphatic heterocycles. The fourth-order valence-corrected chi connectivity index (χ4v) is 2.40. The number of hydrogen-bond acceptors (Lipinski definition) is 4. The van der Waals surface area contributed by atoms with Gasteiger partial charge in [-0.3, -0.25) is 4.79 Å². The summed E-state index contributed by atoms with van der Waals surface area (Å²) in [5, 5.41) is 12.4. The van der Waals surface area contributed by atoms with Gasteiger partial charge >= 0.3 is 0 Å². The van der Waals surface area contributed by atoms with Crippen LogP contribution >= 0.6 is 0 Å². The van der Waals surface area contributed by atoms with Crippen molar-refractivity contribution in [3.8, 4) is 11.5 Å². The van der Waals surface area contributed by atoms with Gasteiger partial charge in [-0.25, -0.2) is 0 Å². The van der Waals surface area contributed by atoms with E-state index in [0.717, 1.165) is 29.9 Å². The van der Waals surface area contributed by atoms with Gasteiger partial charge in [-0.1, -0.05) is 19.9 Å². The topological polar surface area (TPSA) is 67.8 Å². The van der Waals surface area contributed by atoms with Crippen LogP contribution in [0.25, 0.3) is 0 Å². The average molecular weight is 293 g/mol. The maximum Gasteiger partial charge on any atom is 0.231 e. The Morgan fingerprint density at radius 2 is 2.00 bits per heavy atom. The number of carbonyl (C=O) groups is 1. The highest BCUT2D eigenvalue weighted by Crippen LogP contribution is 2.32. The van der Waals surface area contributed by atoms with Crippen LogP contribution in [0.3, 0.4) is 0 Å². The standard InChI is InChI=1S/C16H23NO4/c1-3-16(4-2,10-18)17-15(19)8-6-12-5-7-13-14(9-12)21-11-20-13/h5,7,9,18H,3-4,6,8,10-11H2,1-2H3,(H,17,19). The highest BCUT2D eigenvalue weighted by atomic mass is 16.7. The molecule has 0 unspecified atom stereocenters. The Hall–Kier alpha value is -1.75. The molecule has 0 atom stereocenters. The largest absolute Gasteiger partial charge is 0.454 e. The smallest absolute Gasteiger partial charge is 0.231 e. The van der Waals surface area contributed by atoms with Crippen LogP contribution in [-0.4, -0.2) is 30.0 Å². The number of aliphatic hydroxyl groups excluding tert-OH is 1. The number of carbonyl (C=O) groups excluding carboxylic acids is 1. The molecule has 116 valence electrons. The van der Waals surface area contributed by atoms with Crippen LogP contribution in [0.15, 0.2) is 18.2 Å². The van der Waals surface area contributed by atoms with Crippen molar-refractivity contribution in [1.82, 2.24) is 5.32 Å². The molecule has 1 aromatic carbocycles. The lowest BCUT2D eigenvalue weighted by Gasteiger charge is -2.30. The lowest BCUT2D eigenvalue weighted by molar-refractivity contribution is -0.123. The van der Waals surface area contributed by atoms with Crippen molar-refractivity contribution in [3.05, 3.63) is 23.8 Å². The van der Waals surface area contributed by atoms with Crippen LogP contribution in [0.4, 0.5) is 0 Å². The minimum atomic E-state index is -0.494. The average Bonchev–Trinajstić information content (AvgIpc) is 2.98. The fraction of sp³-hybridized carbons (Fsp3) is 0.562. The number of aryl methyl sites for hydroxylation is 1. The number of ether oxygens (including phenoxy) is 2. The third-order valence-corrected chi connectivity index (χ3v) is 4.14. The Bertz CT molecular complexity index is 489. The van der Waals surface area contributed by atoms with Crippen LogP contribution in [-0.2, 0) is 11.2 Å². The normalized spacial score (nSPS) is 13.3. The lowest BCUT2D eigenvalue weighted by Crippen LogP contribution is -2.50. The molecule has 0 spiro atoms. The summed E-state index contributed by atoms with van der Waals surface area (Å²) in [6, 6.07) is 5.72. The molecule has 0 radical (unpaired) electrons. The Morgan fingerprint density at radius 3 is 2.67 bits per heavy atom. The SMILES string of the molecule is CCC(CC)(CO)NC(=O)CCc1ccc2c(c1)OCO2. The number of nitrogens with one attached hydrogen (secondary N) is 1. The monoisotopic (exact) mass is 293 g/mol. The number of aliphatic hydroxyl groups is 1. The molecule has 2 rings (SSSR count). The molecule has 0 saturated carbocycles. The lowest BCUT2D eigenvalue weighted by atomic mass is 9.93. The minimum Gasteiger partial charge on any atom is -0.454 e. The van der Waals surface area contributed by atoms with Crippen LogP contribution in [0.5, 0.6) is 11.5 Å². The number of fused-ring (bicyclic) bond motifs is 1. The summed E-state index contributed by atoms with van der Waals surface area (Å²) >= 11 is 0. The van der Waals surface area contributed by atoms with Crippen molar-refractivity contribution in [3.63, 3.8) is 0 Å². The van der Waals surface area contributed by atoms with E-state index < -0.39 is 5.54 Å². The summed E-state index contributed by atoms with van der Waals surface area (Å²) in [7, 11) is 0. The molecule has 0 fully saturated rings. The van der Waals surface area contributed by atoms with Crippen molar-refractivity contribution in [2.45, 2.75) is 45.1 Å². The molecule has 0 bridgehead atoms. The zero-order valence-corrected chi connectivity index (χ0v) is 12.6. The van der Waals surface area contributed by atoms with Crippen LogP contribution < -0.4 is 14.8 Å². The summed E-state index contributed by atoms with van der Waals surface area (Å²) in [6.07, 6.45) is 2.46. The van der Waals surface area contributed by atoms with E-state index in [4.69, 9.17) is 9.47 Å². The Kier molecular flexibility index (Phi) is 5.07. The molecule has 0 saturated heterocycles. The van der Waals surface area contributed by atoms with Crippen molar-refractivity contribution >= 4 is 5.91 Å². The van der Waals surface area contributed by atoms with Gasteiger partial charge < -0.3 is 19.9 Å². The molecule has 1 aliphatic rings. The third kappa shape index (κ3) is 3.67. The van der Waals surface area contributed by atoms with Gasteiger partial charge in [-0.05, 0) is 37.0 Å². The van der Waals surface area contributed by atoms with E-state index in [2.05, 4.69) is 5.32 Å². The van der Waals surface area contributed by atoms with Gasteiger partial charge in [-0.15, -0.1) is 0 Å². The van der Waals surface area contributed by atoms with Gasteiger partial charge in [0, 0.05) is 6.42 Å². The quantitative estimate of drug-likeness (QED) is 0.807. The second-order valence-electron chi connectivity index (χ2n) is 5.38. The molecule has 21 heavy (non-hydrogen) atoms. The molecule has 5 nitrogen and oxygen atoms in total. The molecule has 5 heteroatoms. The Balaban J connectivity index is 1.89. The Morgan fingerprint density at radius 1 is 1.29 bits per heavy atom. The Labute approximate surface area is 125 Å². The first-order chi connectivity index (χ1) is 10.1. The van der Waals surface area contributed by atoms with Crippen LogP contribution in [0.1, 0.15) is 38.7 Å². The third-order valence-electron chi connectivity index (χ3n) is 4.14. The first-order valence-corrected chi connectivity index (χ1v) is 7.43. The van der Waals surface area contributed by atoms with Gasteiger partial charge in [0.05, 0.1) is 12.1 Å². The predicted octanol–water partition coefficient (Wildman–Crippen LogP) is 2.02. The first-order valence-electron chi connectivity index (χ1n) is 7.43. The molecule has 0 aromatic heterocycles. The summed E-state index contributed by atoms with van der Waals surface area (Å²) in [6.45, 7) is 4.16. The van der Waals surface area contributed by atoms with E-state index in [1.165, 1.54) is 0 Å². The van der Waals surface area contributed by atoms with Crippen molar-refractivity contribution in [1.29, 1.82) is 0 Å². The van der Waals surface area contributed by atoms with Gasteiger partial charge in [-0.2, -0.15) is 0 Å². The summed E-state index contributed by atoms with van der Waals surface area (Å²) in [5.74, 6) is 1.45. The van der Waals surface area contributed by atoms with E-state index in [1.807, 2.05) is 32.0 Å². The van der Waals surface area contributed by atoms with Crippen LogP contribution in [0.2, 0.25) is 0 Å². The van der Waals surface area contributed by atoms with E-state index >= 15 is 0 Å². The van der Waals surface area contributed by atoms with Crippen molar-refractivity contribution < 1.29 is 19.4 Å². The molecular weight excluding hydrogens is 270 g/mol. The van der Waals surface area contributed by atoms with E-state index in [9.17, 15) is 9.90 Å². The zero-order chi connectivity index (χ0) is 15.3. The van der Waals surface area contributed by atoms with E-state index in [-0.39, 0.29) is 19.3 Å². The van der Waals surface area contributed by atoms with Gasteiger partial charge in [0.2, 0.25) is 12.7 Å². The van der Waals surface area contributed by atoms with Gasteiger partial charge in [0.1, 0.15) is 0 Å². The molecule has 2 N–H and O–H groups in total. The highest BCUT2D eigenvalue weighted by molar-refractivity contribution is 5.77. The number of amides is 1. The highest BCUT2D eigenvalue weighted by Gasteiger charge is 2.26. The van der Waals surface area contributed by atoms with E-state index in [0.29, 0.717) is 12.8 Å². The number of benzene rings is 1. The predicted molar refractivity (Wildman–Crippen MR) is 79.4 cm³/mol. The maximum absolute atomic E-state index is 12.1. The van der Waals surface area contributed by atoms with E-state index in [1.54, 1.807) is 0 Å². The second-order valence-corrected chi connectivity index (χ2v) is 5.38. The molecule has 1 heterocycles. The molecule has 1 amide bonds. The fourth-order valence-electron chi connectivity index (χ4n) is 2.40. The molecular formula is C16H23NO4. The molecule has 0 aliphatic carbocycles. The summed E-state index contributed by atoms with van der Waals surface area (Å²) in [4.78, 5) is 12.1. The minimum absolute atomic E-state index is 0.0320. The maximum atomic E-state index is 12.1. The van der Waals surface area contributed by atoms with Crippen molar-refractivity contribution in [2.24, 2.45) is 0 Å². The summed E-state index contributed by atoms with van der Waals surface area (Å²) in [5.41, 5.74) is 0.545.